The second-order valence-corrected chi connectivity index (χ2v) is 4.10. The Morgan fingerprint density at radius 2 is 1.77 bits per heavy atom. The Balaban J connectivity index is 0.00000441. The van der Waals surface area contributed by atoms with Crippen molar-refractivity contribution in [3.05, 3.63) is 17.7 Å². The number of carbonyl (C=O) groups excluding carboxylic acids is 1. The Morgan fingerprint density at radius 3 is 2.23 bits per heavy atom. The van der Waals surface area contributed by atoms with Gasteiger partial charge >= 0.3 is 5.97 Å². The lowest BCUT2D eigenvalue weighted by molar-refractivity contribution is -0.149. The predicted molar refractivity (Wildman–Crippen MR) is 81.8 cm³/mol. The summed E-state index contributed by atoms with van der Waals surface area (Å²) in [6, 6.07) is 1.85. The maximum absolute atomic E-state index is 14.1. The van der Waals surface area contributed by atoms with Gasteiger partial charge in [0.1, 0.15) is 0 Å². The molecule has 22 heavy (non-hydrogen) atoms. The quantitative estimate of drug-likeness (QED) is 0.767. The number of hydrogen-bond acceptors (Lipinski definition) is 6. The predicted octanol–water partition coefficient (Wildman–Crippen LogP) is 2.04. The van der Waals surface area contributed by atoms with Crippen LogP contribution in [0.4, 0.5) is 4.39 Å². The lowest BCUT2D eigenvalue weighted by atomic mass is 10.0. The van der Waals surface area contributed by atoms with Gasteiger partial charge in [0.05, 0.1) is 34.0 Å². The third-order valence-corrected chi connectivity index (χ3v) is 2.92. The van der Waals surface area contributed by atoms with Crippen molar-refractivity contribution in [3.63, 3.8) is 0 Å². The monoisotopic (exact) mass is 337 g/mol. The van der Waals surface area contributed by atoms with Gasteiger partial charge in [-0.2, -0.15) is 0 Å². The molecule has 2 atom stereocenters. The third-order valence-electron chi connectivity index (χ3n) is 2.92. The highest BCUT2D eigenvalue weighted by Gasteiger charge is 2.31. The fourth-order valence-corrected chi connectivity index (χ4v) is 1.91. The van der Waals surface area contributed by atoms with Gasteiger partial charge in [0.2, 0.25) is 11.9 Å². The standard InChI is InChI=1S/C14H20FNO5.ClH/c1-5-21-14(17)10(15)11(16)8-6-7-9(18-2)13(20-4)12(8)19-3;/h6-7,10-11H,5,16H2,1-4H3;1H/t10?,11-;/m1./s1. The van der Waals surface area contributed by atoms with Crippen molar-refractivity contribution in [3.8, 4) is 17.2 Å². The van der Waals surface area contributed by atoms with E-state index >= 15 is 0 Å². The number of halogens is 2. The highest BCUT2D eigenvalue weighted by Crippen LogP contribution is 2.42. The van der Waals surface area contributed by atoms with Crippen molar-refractivity contribution >= 4 is 18.4 Å². The Labute approximate surface area is 135 Å². The molecule has 0 saturated heterocycles. The second kappa shape index (κ2) is 9.32. The fraction of sp³-hybridized carbons (Fsp3) is 0.500. The molecular formula is C14H21ClFNO5. The minimum absolute atomic E-state index is 0. The van der Waals surface area contributed by atoms with Crippen molar-refractivity contribution < 1.29 is 28.1 Å². The van der Waals surface area contributed by atoms with Crippen molar-refractivity contribution in [2.75, 3.05) is 27.9 Å². The van der Waals surface area contributed by atoms with Crippen LogP contribution in [0.5, 0.6) is 17.2 Å². The van der Waals surface area contributed by atoms with Gasteiger partial charge in [0.15, 0.2) is 11.5 Å². The van der Waals surface area contributed by atoms with Gasteiger partial charge in [0.25, 0.3) is 0 Å². The summed E-state index contributed by atoms with van der Waals surface area (Å²) in [6.45, 7) is 1.67. The highest BCUT2D eigenvalue weighted by atomic mass is 35.5. The molecule has 2 N–H and O–H groups in total. The number of nitrogens with two attached hydrogens (primary N) is 1. The second-order valence-electron chi connectivity index (χ2n) is 4.10. The smallest absolute Gasteiger partial charge is 0.342 e. The summed E-state index contributed by atoms with van der Waals surface area (Å²) >= 11 is 0. The van der Waals surface area contributed by atoms with Crippen LogP contribution in [-0.2, 0) is 9.53 Å². The van der Waals surface area contributed by atoms with Gasteiger partial charge in [0, 0.05) is 5.56 Å². The minimum Gasteiger partial charge on any atom is -0.493 e. The van der Waals surface area contributed by atoms with E-state index in [-0.39, 0.29) is 36.1 Å². The van der Waals surface area contributed by atoms with Crippen LogP contribution in [0.25, 0.3) is 0 Å². The Bertz CT molecular complexity index is 500. The van der Waals surface area contributed by atoms with Crippen LogP contribution in [0.15, 0.2) is 12.1 Å². The summed E-state index contributed by atoms with van der Waals surface area (Å²) in [4.78, 5) is 11.5. The maximum Gasteiger partial charge on any atom is 0.342 e. The molecule has 0 bridgehead atoms. The molecule has 0 aliphatic carbocycles. The summed E-state index contributed by atoms with van der Waals surface area (Å²) in [7, 11) is 4.28. The highest BCUT2D eigenvalue weighted by molar-refractivity contribution is 5.85. The van der Waals surface area contributed by atoms with Crippen LogP contribution in [0.3, 0.4) is 0 Å². The Hall–Kier alpha value is -1.73. The average molecular weight is 338 g/mol. The van der Waals surface area contributed by atoms with Crippen molar-refractivity contribution in [1.82, 2.24) is 0 Å². The molecule has 0 aliphatic rings. The molecule has 0 heterocycles. The summed E-state index contributed by atoms with van der Waals surface area (Å²) < 4.78 is 34.2. The van der Waals surface area contributed by atoms with E-state index in [0.717, 1.165) is 0 Å². The molecule has 0 fully saturated rings. The van der Waals surface area contributed by atoms with E-state index in [0.29, 0.717) is 5.75 Å². The van der Waals surface area contributed by atoms with Crippen LogP contribution in [0.1, 0.15) is 18.5 Å². The zero-order valence-corrected chi connectivity index (χ0v) is 13.7. The summed E-state index contributed by atoms with van der Waals surface area (Å²) in [5.74, 6) is -0.0982. The summed E-state index contributed by atoms with van der Waals surface area (Å²) in [5, 5.41) is 0. The Morgan fingerprint density at radius 1 is 1.18 bits per heavy atom. The van der Waals surface area contributed by atoms with Crippen molar-refractivity contribution in [2.45, 2.75) is 19.1 Å². The first-order valence-electron chi connectivity index (χ1n) is 6.36. The molecule has 1 rings (SSSR count). The first-order chi connectivity index (χ1) is 10.0. The van der Waals surface area contributed by atoms with Gasteiger partial charge in [-0.25, -0.2) is 9.18 Å². The zero-order chi connectivity index (χ0) is 16.0. The van der Waals surface area contributed by atoms with Crippen LogP contribution < -0.4 is 19.9 Å². The Kier molecular flexibility index (Phi) is 8.59. The number of hydrogen-bond donors (Lipinski definition) is 1. The minimum atomic E-state index is -2.00. The van der Waals surface area contributed by atoms with Crippen molar-refractivity contribution in [1.29, 1.82) is 0 Å². The summed E-state index contributed by atoms with van der Waals surface area (Å²) in [5.41, 5.74) is 6.10. The van der Waals surface area contributed by atoms with E-state index in [2.05, 4.69) is 4.74 Å². The van der Waals surface area contributed by atoms with Gasteiger partial charge in [-0.1, -0.05) is 0 Å². The van der Waals surface area contributed by atoms with E-state index < -0.39 is 18.2 Å². The molecule has 1 aromatic carbocycles. The number of methoxy groups -OCH3 is 3. The van der Waals surface area contributed by atoms with Crippen LogP contribution in [-0.4, -0.2) is 40.1 Å². The first kappa shape index (κ1) is 20.3. The number of benzene rings is 1. The topological polar surface area (TPSA) is 80.0 Å². The van der Waals surface area contributed by atoms with E-state index in [1.807, 2.05) is 0 Å². The fourth-order valence-electron chi connectivity index (χ4n) is 1.91. The molecule has 6 nitrogen and oxygen atoms in total. The molecule has 1 aromatic rings. The molecule has 1 unspecified atom stereocenters. The van der Waals surface area contributed by atoms with Gasteiger partial charge in [-0.3, -0.25) is 0 Å². The van der Waals surface area contributed by atoms with Crippen LogP contribution >= 0.6 is 12.4 Å². The molecular weight excluding hydrogens is 317 g/mol. The first-order valence-corrected chi connectivity index (χ1v) is 6.36. The van der Waals surface area contributed by atoms with E-state index in [4.69, 9.17) is 19.9 Å². The molecule has 8 heteroatoms. The van der Waals surface area contributed by atoms with Gasteiger partial charge in [-0.15, -0.1) is 12.4 Å². The molecule has 0 spiro atoms. The molecule has 0 saturated carbocycles. The maximum atomic E-state index is 14.1. The number of ether oxygens (including phenoxy) is 4. The molecule has 0 aliphatic heterocycles. The van der Waals surface area contributed by atoms with Crippen LogP contribution in [0, 0.1) is 0 Å². The van der Waals surface area contributed by atoms with E-state index in [1.165, 1.54) is 27.4 Å². The molecule has 0 amide bonds. The number of rotatable bonds is 7. The average Bonchev–Trinajstić information content (AvgIpc) is 2.51. The lowest BCUT2D eigenvalue weighted by Crippen LogP contribution is -2.31. The van der Waals surface area contributed by atoms with Gasteiger partial charge in [-0.05, 0) is 19.1 Å². The van der Waals surface area contributed by atoms with Gasteiger partial charge < -0.3 is 24.7 Å². The lowest BCUT2D eigenvalue weighted by Gasteiger charge is -2.21. The SMILES string of the molecule is CCOC(=O)C(F)[C@H](N)c1ccc(OC)c(OC)c1OC.Cl. The number of carbonyl (C=O) groups is 1. The zero-order valence-electron chi connectivity index (χ0n) is 12.9. The normalized spacial score (nSPS) is 12.6. The van der Waals surface area contributed by atoms with E-state index in [1.54, 1.807) is 13.0 Å². The third kappa shape index (κ3) is 4.14. The molecule has 0 aromatic heterocycles. The largest absolute Gasteiger partial charge is 0.493 e. The molecule has 126 valence electrons. The van der Waals surface area contributed by atoms with Crippen LogP contribution in [0.2, 0.25) is 0 Å². The van der Waals surface area contributed by atoms with E-state index in [9.17, 15) is 9.18 Å². The number of esters is 1. The number of alkyl halides is 1. The molecule has 0 radical (unpaired) electrons. The van der Waals surface area contributed by atoms with Crippen molar-refractivity contribution in [2.24, 2.45) is 5.73 Å². The summed E-state index contributed by atoms with van der Waals surface area (Å²) in [6.07, 6.45) is -2.00.